The molecule has 0 fully saturated rings. The lowest BCUT2D eigenvalue weighted by molar-refractivity contribution is 0.414. The van der Waals surface area contributed by atoms with Gasteiger partial charge >= 0.3 is 0 Å². The Bertz CT molecular complexity index is 538. The van der Waals surface area contributed by atoms with Gasteiger partial charge in [0.2, 0.25) is 0 Å². The smallest absolute Gasteiger partial charge is 0.137 e. The van der Waals surface area contributed by atoms with Gasteiger partial charge in [0.15, 0.2) is 0 Å². The second-order valence-corrected chi connectivity index (χ2v) is 5.44. The van der Waals surface area contributed by atoms with Crippen LogP contribution in [0.25, 0.3) is 0 Å². The first kappa shape index (κ1) is 13.4. The molecule has 0 saturated carbocycles. The Morgan fingerprint density at radius 2 is 2.11 bits per heavy atom. The van der Waals surface area contributed by atoms with Crippen LogP contribution < -0.4 is 10.1 Å². The number of nitrogens with one attached hydrogen (secondary N) is 1. The second-order valence-electron chi connectivity index (χ2n) is 4.08. The minimum atomic E-state index is 0.174. The maximum atomic E-state index is 6.18. The van der Waals surface area contributed by atoms with Crippen LogP contribution in [0.2, 0.25) is 5.02 Å². The molecule has 96 valence electrons. The van der Waals surface area contributed by atoms with Crippen LogP contribution in [0, 0.1) is 6.92 Å². The summed E-state index contributed by atoms with van der Waals surface area (Å²) in [5.41, 5.74) is 2.44. The number of hydrogen-bond donors (Lipinski definition) is 1. The van der Waals surface area contributed by atoms with E-state index in [-0.39, 0.29) is 6.04 Å². The fourth-order valence-corrected chi connectivity index (χ4v) is 3.32. The van der Waals surface area contributed by atoms with Gasteiger partial charge in [-0.05, 0) is 48.7 Å². The summed E-state index contributed by atoms with van der Waals surface area (Å²) in [6.07, 6.45) is 0. The monoisotopic (exact) mass is 281 g/mol. The van der Waals surface area contributed by atoms with Gasteiger partial charge in [-0.25, -0.2) is 0 Å². The van der Waals surface area contributed by atoms with E-state index >= 15 is 0 Å². The van der Waals surface area contributed by atoms with E-state index in [1.54, 1.807) is 18.4 Å². The third-order valence-corrected chi connectivity index (χ3v) is 4.34. The van der Waals surface area contributed by atoms with E-state index in [4.69, 9.17) is 16.3 Å². The van der Waals surface area contributed by atoms with Gasteiger partial charge in [0.05, 0.1) is 18.2 Å². The summed E-state index contributed by atoms with van der Waals surface area (Å²) in [6, 6.07) is 8.22. The van der Waals surface area contributed by atoms with E-state index in [0.29, 0.717) is 10.8 Å². The van der Waals surface area contributed by atoms with Crippen molar-refractivity contribution in [1.29, 1.82) is 0 Å². The summed E-state index contributed by atoms with van der Waals surface area (Å²) in [5.74, 6) is 0.707. The fraction of sp³-hybridized carbons (Fsp3) is 0.286. The Labute approximate surface area is 117 Å². The van der Waals surface area contributed by atoms with Crippen LogP contribution in [0.5, 0.6) is 5.75 Å². The Morgan fingerprint density at radius 3 is 2.61 bits per heavy atom. The van der Waals surface area contributed by atoms with Crippen LogP contribution in [0.1, 0.15) is 22.0 Å². The van der Waals surface area contributed by atoms with Crippen molar-refractivity contribution in [2.24, 2.45) is 0 Å². The summed E-state index contributed by atoms with van der Waals surface area (Å²) in [7, 11) is 3.59. The molecule has 0 bridgehead atoms. The highest BCUT2D eigenvalue weighted by Crippen LogP contribution is 2.33. The molecule has 0 aliphatic heterocycles. The minimum absolute atomic E-state index is 0.174. The van der Waals surface area contributed by atoms with Gasteiger partial charge < -0.3 is 10.1 Å². The highest BCUT2D eigenvalue weighted by molar-refractivity contribution is 7.10. The van der Waals surface area contributed by atoms with Crippen LogP contribution >= 0.6 is 22.9 Å². The van der Waals surface area contributed by atoms with Crippen molar-refractivity contribution in [3.63, 3.8) is 0 Å². The zero-order valence-corrected chi connectivity index (χ0v) is 12.2. The number of methoxy groups -OCH3 is 1. The summed E-state index contributed by atoms with van der Waals surface area (Å²) >= 11 is 7.94. The zero-order valence-electron chi connectivity index (χ0n) is 10.7. The molecule has 0 amide bonds. The Morgan fingerprint density at radius 1 is 1.33 bits per heavy atom. The molecule has 2 aromatic rings. The highest BCUT2D eigenvalue weighted by Gasteiger charge is 2.16. The Hall–Kier alpha value is -1.03. The lowest BCUT2D eigenvalue weighted by atomic mass is 10.0. The molecular weight excluding hydrogens is 266 g/mol. The third kappa shape index (κ3) is 2.53. The van der Waals surface area contributed by atoms with Gasteiger partial charge in [-0.1, -0.05) is 17.7 Å². The van der Waals surface area contributed by atoms with E-state index in [0.717, 1.165) is 5.56 Å². The van der Waals surface area contributed by atoms with Crippen LogP contribution in [0.4, 0.5) is 0 Å². The molecule has 0 spiro atoms. The molecule has 2 nitrogen and oxygen atoms in total. The zero-order chi connectivity index (χ0) is 13.1. The van der Waals surface area contributed by atoms with Crippen LogP contribution in [0.15, 0.2) is 29.6 Å². The maximum absolute atomic E-state index is 6.18. The first-order chi connectivity index (χ1) is 8.67. The number of aryl methyl sites for hydroxylation is 1. The molecule has 1 aromatic heterocycles. The summed E-state index contributed by atoms with van der Waals surface area (Å²) < 4.78 is 5.18. The van der Waals surface area contributed by atoms with Crippen molar-refractivity contribution in [3.8, 4) is 5.75 Å². The summed E-state index contributed by atoms with van der Waals surface area (Å²) in [5, 5.41) is 6.09. The number of hydrogen-bond acceptors (Lipinski definition) is 3. The van der Waals surface area contributed by atoms with E-state index < -0.39 is 0 Å². The van der Waals surface area contributed by atoms with Crippen molar-refractivity contribution in [3.05, 3.63) is 50.7 Å². The van der Waals surface area contributed by atoms with E-state index in [9.17, 15) is 0 Å². The molecule has 1 heterocycles. The van der Waals surface area contributed by atoms with Crippen LogP contribution in [-0.2, 0) is 0 Å². The lowest BCUT2D eigenvalue weighted by Crippen LogP contribution is -2.17. The standard InChI is InChI=1S/C14H16ClNOS/c1-9-6-7-18-14(9)13(16-2)10-4-5-12(17-3)11(15)8-10/h4-8,13,16H,1-3H3. The number of ether oxygens (including phenoxy) is 1. The predicted molar refractivity (Wildman–Crippen MR) is 78.0 cm³/mol. The van der Waals surface area contributed by atoms with Gasteiger partial charge in [0.25, 0.3) is 0 Å². The molecule has 0 radical (unpaired) electrons. The number of rotatable bonds is 4. The predicted octanol–water partition coefficient (Wildman–Crippen LogP) is 4.03. The molecule has 0 aliphatic carbocycles. The van der Waals surface area contributed by atoms with Crippen molar-refractivity contribution in [2.45, 2.75) is 13.0 Å². The summed E-state index contributed by atoms with van der Waals surface area (Å²) in [6.45, 7) is 2.13. The highest BCUT2D eigenvalue weighted by atomic mass is 35.5. The van der Waals surface area contributed by atoms with Gasteiger partial charge in [0, 0.05) is 4.88 Å². The van der Waals surface area contributed by atoms with Crippen molar-refractivity contribution in [2.75, 3.05) is 14.2 Å². The third-order valence-electron chi connectivity index (χ3n) is 2.96. The summed E-state index contributed by atoms with van der Waals surface area (Å²) in [4.78, 5) is 1.32. The lowest BCUT2D eigenvalue weighted by Gasteiger charge is -2.17. The quantitative estimate of drug-likeness (QED) is 0.914. The van der Waals surface area contributed by atoms with Gasteiger partial charge in [-0.2, -0.15) is 0 Å². The van der Waals surface area contributed by atoms with Crippen molar-refractivity contribution < 1.29 is 4.74 Å². The van der Waals surface area contributed by atoms with Crippen molar-refractivity contribution >= 4 is 22.9 Å². The van der Waals surface area contributed by atoms with E-state index in [1.807, 2.05) is 25.2 Å². The first-order valence-electron chi connectivity index (χ1n) is 5.72. The topological polar surface area (TPSA) is 21.3 Å². The van der Waals surface area contributed by atoms with Gasteiger partial charge in [0.1, 0.15) is 5.75 Å². The first-order valence-corrected chi connectivity index (χ1v) is 6.97. The molecule has 0 aliphatic rings. The molecule has 18 heavy (non-hydrogen) atoms. The minimum Gasteiger partial charge on any atom is -0.495 e. The average molecular weight is 282 g/mol. The molecule has 1 N–H and O–H groups in total. The molecule has 2 rings (SSSR count). The SMILES string of the molecule is CNC(c1ccc(OC)c(Cl)c1)c1sccc1C. The average Bonchev–Trinajstić information content (AvgIpc) is 2.77. The van der Waals surface area contributed by atoms with E-state index in [1.165, 1.54) is 10.4 Å². The molecule has 0 saturated heterocycles. The maximum Gasteiger partial charge on any atom is 0.137 e. The molecule has 4 heteroatoms. The number of halogens is 1. The fourth-order valence-electron chi connectivity index (χ4n) is 1.99. The largest absolute Gasteiger partial charge is 0.495 e. The van der Waals surface area contributed by atoms with Gasteiger partial charge in [-0.3, -0.25) is 0 Å². The van der Waals surface area contributed by atoms with E-state index in [2.05, 4.69) is 23.7 Å². The molecule has 1 atom stereocenters. The van der Waals surface area contributed by atoms with Gasteiger partial charge in [-0.15, -0.1) is 11.3 Å². The van der Waals surface area contributed by atoms with Crippen LogP contribution in [0.3, 0.4) is 0 Å². The Balaban J connectivity index is 2.40. The molecule has 1 aromatic carbocycles. The van der Waals surface area contributed by atoms with Crippen molar-refractivity contribution in [1.82, 2.24) is 5.32 Å². The number of thiophene rings is 1. The number of benzene rings is 1. The molecule has 1 unspecified atom stereocenters. The second kappa shape index (κ2) is 5.74. The molecular formula is C14H16ClNOS. The van der Waals surface area contributed by atoms with Crippen LogP contribution in [-0.4, -0.2) is 14.2 Å². The Kier molecular flexibility index (Phi) is 4.27. The normalized spacial score (nSPS) is 12.4.